The third-order valence-corrected chi connectivity index (χ3v) is 8.38. The van der Waals surface area contributed by atoms with Crippen molar-refractivity contribution in [1.29, 1.82) is 0 Å². The zero-order valence-corrected chi connectivity index (χ0v) is 21.4. The number of anilines is 1. The van der Waals surface area contributed by atoms with Gasteiger partial charge < -0.3 is 0 Å². The summed E-state index contributed by atoms with van der Waals surface area (Å²) in [5.74, 6) is -3.18. The Morgan fingerprint density at radius 2 is 1.51 bits per heavy atom. The number of nitrogens with one attached hydrogen (secondary N) is 1. The van der Waals surface area contributed by atoms with Crippen molar-refractivity contribution in [3.05, 3.63) is 135 Å². The molecule has 0 radical (unpaired) electrons. The second-order valence-electron chi connectivity index (χ2n) is 10.2. The van der Waals surface area contributed by atoms with E-state index in [9.17, 15) is 24.5 Å². The first-order chi connectivity index (χ1) is 19.9. The van der Waals surface area contributed by atoms with E-state index in [1.54, 1.807) is 18.3 Å². The van der Waals surface area contributed by atoms with Gasteiger partial charge >= 0.3 is 0 Å². The maximum Gasteiger partial charge on any atom is 0.271 e. The summed E-state index contributed by atoms with van der Waals surface area (Å²) in [5.41, 5.74) is 5.46. The third-order valence-electron chi connectivity index (χ3n) is 8.38. The molecule has 10 nitrogen and oxygen atoms in total. The normalized spacial score (nSPS) is 23.7. The van der Waals surface area contributed by atoms with Crippen LogP contribution < -0.4 is 10.3 Å². The molecule has 41 heavy (non-hydrogen) atoms. The number of imide groups is 1. The molecule has 1 aliphatic heterocycles. The number of non-ortho nitro benzene ring substituents is 1. The molecule has 4 aromatic rings. The van der Waals surface area contributed by atoms with E-state index in [0.717, 1.165) is 27.2 Å². The van der Waals surface area contributed by atoms with Crippen molar-refractivity contribution in [3.8, 4) is 0 Å². The van der Waals surface area contributed by atoms with Gasteiger partial charge in [-0.3, -0.25) is 29.5 Å². The van der Waals surface area contributed by atoms with Crippen LogP contribution in [0.25, 0.3) is 0 Å². The van der Waals surface area contributed by atoms with E-state index < -0.39 is 34.0 Å². The Bertz CT molecular complexity index is 1740. The number of carbonyl (C=O) groups is 3. The number of benzene rings is 3. The van der Waals surface area contributed by atoms with Crippen molar-refractivity contribution in [1.82, 2.24) is 10.4 Å². The van der Waals surface area contributed by atoms with Crippen LogP contribution >= 0.6 is 0 Å². The summed E-state index contributed by atoms with van der Waals surface area (Å²) in [6.45, 7) is 0. The number of carbonyl (C=O) groups excluding carboxylic acids is 3. The largest absolute Gasteiger partial charge is 0.274 e. The van der Waals surface area contributed by atoms with Crippen LogP contribution in [0.4, 0.5) is 11.4 Å². The molecule has 1 fully saturated rings. The summed E-state index contributed by atoms with van der Waals surface area (Å²) in [6.07, 6.45) is 4.60. The zero-order valence-electron chi connectivity index (χ0n) is 21.4. The van der Waals surface area contributed by atoms with Crippen molar-refractivity contribution in [2.24, 2.45) is 16.9 Å². The Balaban J connectivity index is 1.39. The Hall–Kier alpha value is -5.51. The number of nitro benzene ring substituents is 1. The number of aromatic nitrogens is 1. The van der Waals surface area contributed by atoms with E-state index in [1.807, 2.05) is 48.5 Å². The van der Waals surface area contributed by atoms with Crippen molar-refractivity contribution >= 4 is 35.3 Å². The summed E-state index contributed by atoms with van der Waals surface area (Å²) in [5, 5.41) is 15.6. The fourth-order valence-electron chi connectivity index (χ4n) is 6.79. The van der Waals surface area contributed by atoms with Crippen LogP contribution in [0.3, 0.4) is 0 Å². The molecule has 2 heterocycles. The van der Waals surface area contributed by atoms with Gasteiger partial charge in [0.2, 0.25) is 11.8 Å². The van der Waals surface area contributed by atoms with Gasteiger partial charge in [-0.25, -0.2) is 10.3 Å². The quantitative estimate of drug-likeness (QED) is 0.175. The van der Waals surface area contributed by atoms with E-state index in [2.05, 4.69) is 15.5 Å². The van der Waals surface area contributed by atoms with Gasteiger partial charge in [0.15, 0.2) is 0 Å². The number of hydrazone groups is 1. The van der Waals surface area contributed by atoms with Crippen LogP contribution in [0.15, 0.2) is 102 Å². The molecule has 8 rings (SSSR count). The predicted octanol–water partition coefficient (Wildman–Crippen LogP) is 3.96. The smallest absolute Gasteiger partial charge is 0.271 e. The average molecular weight is 544 g/mol. The maximum atomic E-state index is 14.3. The van der Waals surface area contributed by atoms with Crippen LogP contribution in [0.1, 0.15) is 38.5 Å². The van der Waals surface area contributed by atoms with Crippen molar-refractivity contribution < 1.29 is 19.3 Å². The van der Waals surface area contributed by atoms with Gasteiger partial charge in [-0.1, -0.05) is 48.5 Å². The zero-order chi connectivity index (χ0) is 28.3. The molecule has 0 spiro atoms. The van der Waals surface area contributed by atoms with Gasteiger partial charge in [0, 0.05) is 42.2 Å². The van der Waals surface area contributed by atoms with Crippen LogP contribution in [0.5, 0.6) is 0 Å². The Kier molecular flexibility index (Phi) is 5.40. The molecule has 2 atom stereocenters. The summed E-state index contributed by atoms with van der Waals surface area (Å²) in [4.78, 5) is 57.0. The number of pyridine rings is 1. The first kappa shape index (κ1) is 24.5. The van der Waals surface area contributed by atoms with Gasteiger partial charge in [0.25, 0.3) is 11.6 Å². The van der Waals surface area contributed by atoms with E-state index >= 15 is 0 Å². The van der Waals surface area contributed by atoms with Crippen LogP contribution in [0.2, 0.25) is 0 Å². The molecule has 200 valence electrons. The number of hydrogen-bond donors (Lipinski definition) is 1. The van der Waals surface area contributed by atoms with Gasteiger partial charge in [0.05, 0.1) is 27.9 Å². The number of hydrogen-bond acceptors (Lipinski definition) is 7. The first-order valence-corrected chi connectivity index (χ1v) is 13.0. The van der Waals surface area contributed by atoms with Gasteiger partial charge in [-0.15, -0.1) is 0 Å². The SMILES string of the molecule is O=C(N/N=C\C12c3ccccc3C(c3ccccc31)[C@@H]1C(=O)N(c3ccc([N+](=O)[O-])cc3)C(=O)[C@@H]12)c1ccncc1. The lowest BCUT2D eigenvalue weighted by Gasteiger charge is -2.52. The second kappa shape index (κ2) is 9.02. The van der Waals surface area contributed by atoms with E-state index in [1.165, 1.54) is 36.7 Å². The van der Waals surface area contributed by atoms with Crippen LogP contribution in [-0.4, -0.2) is 33.8 Å². The molecule has 2 bridgehead atoms. The number of nitro groups is 1. The third kappa shape index (κ3) is 3.40. The van der Waals surface area contributed by atoms with Gasteiger partial charge in [0.1, 0.15) is 0 Å². The maximum absolute atomic E-state index is 14.3. The predicted molar refractivity (Wildman–Crippen MR) is 148 cm³/mol. The summed E-state index contributed by atoms with van der Waals surface area (Å²) in [6, 6.07) is 23.9. The minimum Gasteiger partial charge on any atom is -0.274 e. The van der Waals surface area contributed by atoms with E-state index in [4.69, 9.17) is 0 Å². The number of amides is 3. The molecular weight excluding hydrogens is 522 g/mol. The lowest BCUT2D eigenvalue weighted by Crippen LogP contribution is -2.54. The molecule has 1 aromatic heterocycles. The van der Waals surface area contributed by atoms with Crippen molar-refractivity contribution in [2.75, 3.05) is 4.90 Å². The highest BCUT2D eigenvalue weighted by Crippen LogP contribution is 2.63. The number of nitrogens with zero attached hydrogens (tertiary/aromatic N) is 4. The summed E-state index contributed by atoms with van der Waals surface area (Å²) in [7, 11) is 0. The van der Waals surface area contributed by atoms with E-state index in [0.29, 0.717) is 5.56 Å². The monoisotopic (exact) mass is 543 g/mol. The molecule has 3 aliphatic carbocycles. The van der Waals surface area contributed by atoms with Gasteiger partial charge in [-0.2, -0.15) is 5.10 Å². The first-order valence-electron chi connectivity index (χ1n) is 13.0. The topological polar surface area (TPSA) is 135 Å². The molecule has 0 saturated carbocycles. The molecule has 1 N–H and O–H groups in total. The Morgan fingerprint density at radius 3 is 2.12 bits per heavy atom. The molecule has 4 aliphatic rings. The highest BCUT2D eigenvalue weighted by Gasteiger charge is 2.68. The van der Waals surface area contributed by atoms with Crippen LogP contribution in [0, 0.1) is 22.0 Å². The second-order valence-corrected chi connectivity index (χ2v) is 10.2. The standard InChI is InChI=1S/C31H21N5O5/c37-28(18-13-15-32-16-14-18)34-33-17-31-23-7-3-1-5-21(23)25(22-6-2-4-8-24(22)31)26-27(31)30(39)35(29(26)38)19-9-11-20(12-10-19)36(40)41/h1-17,25-27H,(H,34,37)/b33-17-/t25?,26-,27+,31?/m0/s1. The lowest BCUT2D eigenvalue weighted by atomic mass is 9.47. The summed E-state index contributed by atoms with van der Waals surface area (Å²) >= 11 is 0. The molecular formula is C31H21N5O5. The Morgan fingerprint density at radius 1 is 0.902 bits per heavy atom. The van der Waals surface area contributed by atoms with Gasteiger partial charge in [-0.05, 0) is 46.5 Å². The minimum atomic E-state index is -1.15. The minimum absolute atomic E-state index is 0.140. The fourth-order valence-corrected chi connectivity index (χ4v) is 6.79. The molecule has 3 amide bonds. The highest BCUT2D eigenvalue weighted by molar-refractivity contribution is 6.25. The molecule has 10 heteroatoms. The molecule has 0 unspecified atom stereocenters. The molecule has 3 aromatic carbocycles. The lowest BCUT2D eigenvalue weighted by molar-refractivity contribution is -0.384. The molecule has 1 saturated heterocycles. The average Bonchev–Trinajstić information content (AvgIpc) is 3.28. The summed E-state index contributed by atoms with van der Waals surface area (Å²) < 4.78 is 0. The van der Waals surface area contributed by atoms with E-state index in [-0.39, 0.29) is 23.2 Å². The fraction of sp³-hybridized carbons (Fsp3) is 0.129. The van der Waals surface area contributed by atoms with Crippen molar-refractivity contribution in [3.63, 3.8) is 0 Å². The Labute approximate surface area is 233 Å². The highest BCUT2D eigenvalue weighted by atomic mass is 16.6. The van der Waals surface area contributed by atoms with Crippen molar-refractivity contribution in [2.45, 2.75) is 11.3 Å². The van der Waals surface area contributed by atoms with Crippen LogP contribution in [-0.2, 0) is 15.0 Å². The number of rotatable bonds is 5.